The summed E-state index contributed by atoms with van der Waals surface area (Å²) in [5.74, 6) is 0.0527. The largest absolute Gasteiger partial charge is 0.390 e. The first-order valence-corrected chi connectivity index (χ1v) is 7.76. The molecule has 2 heterocycles. The highest BCUT2D eigenvalue weighted by atomic mass is 79.9. The van der Waals surface area contributed by atoms with Gasteiger partial charge in [0.05, 0.1) is 14.3 Å². The van der Waals surface area contributed by atoms with Crippen molar-refractivity contribution in [1.29, 1.82) is 0 Å². The zero-order valence-corrected chi connectivity index (χ0v) is 13.4. The number of carbonyl (C=O) groups is 1. The average molecular weight is 383 g/mol. The predicted molar refractivity (Wildman–Crippen MR) is 75.5 cm³/mol. The fraction of sp³-hybridized carbons (Fsp3) is 0.545. The van der Waals surface area contributed by atoms with E-state index in [4.69, 9.17) is 0 Å². The van der Waals surface area contributed by atoms with E-state index >= 15 is 0 Å². The summed E-state index contributed by atoms with van der Waals surface area (Å²) in [5.41, 5.74) is -0.618. The van der Waals surface area contributed by atoms with Crippen molar-refractivity contribution < 1.29 is 9.90 Å². The van der Waals surface area contributed by atoms with Gasteiger partial charge < -0.3 is 10.0 Å². The minimum Gasteiger partial charge on any atom is -0.390 e. The van der Waals surface area contributed by atoms with Crippen LogP contribution in [0.3, 0.4) is 0 Å². The van der Waals surface area contributed by atoms with E-state index in [0.717, 1.165) is 13.1 Å². The van der Waals surface area contributed by atoms with Gasteiger partial charge in [-0.15, -0.1) is 11.3 Å². The third-order valence-electron chi connectivity index (χ3n) is 2.98. The third kappa shape index (κ3) is 3.10. The van der Waals surface area contributed by atoms with Crippen molar-refractivity contribution in [3.8, 4) is 0 Å². The highest BCUT2D eigenvalue weighted by Gasteiger charge is 2.30. The number of thiophene rings is 1. The maximum Gasteiger partial charge on any atom is 0.264 e. The third-order valence-corrected chi connectivity index (χ3v) is 6.23. The number of hydrogen-bond acceptors (Lipinski definition) is 3. The Morgan fingerprint density at radius 3 is 2.53 bits per heavy atom. The number of likely N-dealkylation sites (tertiary alicyclic amines) is 1. The minimum absolute atomic E-state index is 0.0527. The van der Waals surface area contributed by atoms with Crippen molar-refractivity contribution in [2.75, 3.05) is 13.1 Å². The van der Waals surface area contributed by atoms with E-state index < -0.39 is 5.60 Å². The lowest BCUT2D eigenvalue weighted by molar-refractivity contribution is -0.00188. The molecule has 1 aliphatic rings. The second kappa shape index (κ2) is 4.99. The van der Waals surface area contributed by atoms with E-state index in [-0.39, 0.29) is 5.91 Å². The molecule has 1 saturated heterocycles. The van der Waals surface area contributed by atoms with E-state index in [9.17, 15) is 9.90 Å². The van der Waals surface area contributed by atoms with Crippen LogP contribution in [0.2, 0.25) is 0 Å². The zero-order valence-electron chi connectivity index (χ0n) is 9.37. The Morgan fingerprint density at radius 2 is 2.06 bits per heavy atom. The molecule has 2 rings (SSSR count). The summed E-state index contributed by atoms with van der Waals surface area (Å²) in [6.07, 6.45) is 1.29. The predicted octanol–water partition coefficient (Wildman–Crippen LogP) is 3.26. The van der Waals surface area contributed by atoms with E-state index in [2.05, 4.69) is 31.9 Å². The van der Waals surface area contributed by atoms with Gasteiger partial charge in [0.2, 0.25) is 0 Å². The molecule has 0 atom stereocenters. The summed E-state index contributed by atoms with van der Waals surface area (Å²) in [4.78, 5) is 14.7. The van der Waals surface area contributed by atoms with Crippen LogP contribution in [0.1, 0.15) is 29.4 Å². The molecule has 0 bridgehead atoms. The number of carbonyl (C=O) groups excluding carboxylic acids is 1. The number of rotatable bonds is 1. The van der Waals surface area contributed by atoms with Crippen LogP contribution in [0, 0.1) is 0 Å². The first-order valence-electron chi connectivity index (χ1n) is 5.35. The molecule has 1 N–H and O–H groups in total. The van der Waals surface area contributed by atoms with Crippen LogP contribution in [0.5, 0.6) is 0 Å². The van der Waals surface area contributed by atoms with Gasteiger partial charge in [0.25, 0.3) is 5.91 Å². The molecule has 1 amide bonds. The molecule has 0 aliphatic carbocycles. The molecular formula is C11H13Br2NO2S. The first-order chi connectivity index (χ1) is 7.89. The zero-order chi connectivity index (χ0) is 12.6. The van der Waals surface area contributed by atoms with E-state index in [0.29, 0.717) is 25.9 Å². The van der Waals surface area contributed by atoms with Crippen LogP contribution in [-0.4, -0.2) is 34.6 Å². The first kappa shape index (κ1) is 13.5. The van der Waals surface area contributed by atoms with Crippen molar-refractivity contribution in [2.45, 2.75) is 25.4 Å². The lowest BCUT2D eigenvalue weighted by Crippen LogP contribution is -2.44. The van der Waals surface area contributed by atoms with Gasteiger partial charge in [0, 0.05) is 17.6 Å². The van der Waals surface area contributed by atoms with E-state index in [1.165, 1.54) is 11.3 Å². The normalized spacial score (nSPS) is 19.4. The number of amides is 1. The van der Waals surface area contributed by atoms with Crippen LogP contribution in [0.25, 0.3) is 0 Å². The fourth-order valence-corrected chi connectivity index (χ4v) is 3.80. The van der Waals surface area contributed by atoms with Gasteiger partial charge in [-0.05, 0) is 57.7 Å². The van der Waals surface area contributed by atoms with Crippen molar-refractivity contribution >= 4 is 49.1 Å². The lowest BCUT2D eigenvalue weighted by atomic mass is 9.94. The average Bonchev–Trinajstić information content (AvgIpc) is 2.58. The molecule has 1 fully saturated rings. The molecule has 94 valence electrons. The molecule has 0 saturated carbocycles. The summed E-state index contributed by atoms with van der Waals surface area (Å²) in [6.45, 7) is 3.07. The molecular weight excluding hydrogens is 370 g/mol. The van der Waals surface area contributed by atoms with Gasteiger partial charge >= 0.3 is 0 Å². The van der Waals surface area contributed by atoms with Crippen LogP contribution >= 0.6 is 43.2 Å². The maximum atomic E-state index is 12.2. The quantitative estimate of drug-likeness (QED) is 0.809. The van der Waals surface area contributed by atoms with Crippen molar-refractivity contribution in [3.63, 3.8) is 0 Å². The highest BCUT2D eigenvalue weighted by molar-refractivity contribution is 9.13. The Labute approximate surface area is 121 Å². The fourth-order valence-electron chi connectivity index (χ4n) is 1.80. The van der Waals surface area contributed by atoms with Gasteiger partial charge in [-0.3, -0.25) is 4.79 Å². The summed E-state index contributed by atoms with van der Waals surface area (Å²) in [6, 6.07) is 1.84. The van der Waals surface area contributed by atoms with Crippen LogP contribution in [0.4, 0.5) is 0 Å². The van der Waals surface area contributed by atoms with Gasteiger partial charge in [0.15, 0.2) is 0 Å². The van der Waals surface area contributed by atoms with Crippen LogP contribution in [0.15, 0.2) is 14.3 Å². The molecule has 1 aromatic rings. The summed E-state index contributed by atoms with van der Waals surface area (Å²) < 4.78 is 1.85. The van der Waals surface area contributed by atoms with Crippen LogP contribution in [-0.2, 0) is 0 Å². The summed E-state index contributed by atoms with van der Waals surface area (Å²) >= 11 is 8.20. The van der Waals surface area contributed by atoms with Crippen molar-refractivity contribution in [3.05, 3.63) is 19.2 Å². The Kier molecular flexibility index (Phi) is 3.97. The van der Waals surface area contributed by atoms with Crippen LogP contribution < -0.4 is 0 Å². The number of piperidine rings is 1. The molecule has 0 spiro atoms. The Bertz CT molecular complexity index is 415. The van der Waals surface area contributed by atoms with E-state index in [1.807, 2.05) is 17.9 Å². The monoisotopic (exact) mass is 381 g/mol. The van der Waals surface area contributed by atoms with Crippen molar-refractivity contribution in [2.24, 2.45) is 0 Å². The smallest absolute Gasteiger partial charge is 0.264 e. The second-order valence-electron chi connectivity index (χ2n) is 4.52. The van der Waals surface area contributed by atoms with Gasteiger partial charge in [-0.2, -0.15) is 0 Å². The molecule has 0 unspecified atom stereocenters. The number of nitrogens with zero attached hydrogens (tertiary/aromatic N) is 1. The maximum absolute atomic E-state index is 12.2. The Balaban J connectivity index is 2.07. The number of halogens is 2. The summed E-state index contributed by atoms with van der Waals surface area (Å²) in [5, 5.41) is 9.84. The number of aliphatic hydroxyl groups is 1. The SMILES string of the molecule is CC1(O)CCN(C(=O)c2cc(Br)c(Br)s2)CC1. The molecule has 17 heavy (non-hydrogen) atoms. The number of hydrogen-bond donors (Lipinski definition) is 1. The molecule has 0 aromatic carbocycles. The Morgan fingerprint density at radius 1 is 1.47 bits per heavy atom. The minimum atomic E-state index is -0.618. The van der Waals surface area contributed by atoms with Gasteiger partial charge in [0.1, 0.15) is 0 Å². The highest BCUT2D eigenvalue weighted by Crippen LogP contribution is 2.33. The summed E-state index contributed by atoms with van der Waals surface area (Å²) in [7, 11) is 0. The Hall–Kier alpha value is 0.0900. The standard InChI is InChI=1S/C11H13Br2NO2S/c1-11(16)2-4-14(5-3-11)10(15)8-6-7(12)9(13)17-8/h6,16H,2-5H2,1H3. The molecule has 1 aromatic heterocycles. The lowest BCUT2D eigenvalue weighted by Gasteiger charge is -2.35. The molecule has 3 nitrogen and oxygen atoms in total. The molecule has 0 radical (unpaired) electrons. The molecule has 1 aliphatic heterocycles. The topological polar surface area (TPSA) is 40.5 Å². The van der Waals surface area contributed by atoms with Gasteiger partial charge in [-0.1, -0.05) is 0 Å². The molecule has 6 heteroatoms. The van der Waals surface area contributed by atoms with Crippen molar-refractivity contribution in [1.82, 2.24) is 4.90 Å². The van der Waals surface area contributed by atoms with Gasteiger partial charge in [-0.25, -0.2) is 0 Å². The van der Waals surface area contributed by atoms with E-state index in [1.54, 1.807) is 0 Å². The second-order valence-corrected chi connectivity index (χ2v) is 7.75.